The highest BCUT2D eigenvalue weighted by Gasteiger charge is 2.19. The molecule has 1 atom stereocenters. The Kier molecular flexibility index (Phi) is 4.42. The van der Waals surface area contributed by atoms with E-state index in [-0.39, 0.29) is 5.97 Å². The van der Waals surface area contributed by atoms with Crippen molar-refractivity contribution in [3.05, 3.63) is 35.4 Å². The van der Waals surface area contributed by atoms with Crippen LogP contribution in [-0.4, -0.2) is 13.1 Å². The van der Waals surface area contributed by atoms with E-state index in [1.54, 1.807) is 0 Å². The lowest BCUT2D eigenvalue weighted by Gasteiger charge is -2.11. The third-order valence-electron chi connectivity index (χ3n) is 1.88. The number of carbonyl (C=O) groups is 1. The van der Waals surface area contributed by atoms with Gasteiger partial charge in [-0.2, -0.15) is 0 Å². The summed E-state index contributed by atoms with van der Waals surface area (Å²) in [4.78, 5) is 10.8. The Hall–Kier alpha value is -0.540. The fraction of sp³-hybridized carbons (Fsp3) is 0.300. The second kappa shape index (κ2) is 5.37. The Morgan fingerprint density at radius 1 is 1.57 bits per heavy atom. The van der Waals surface area contributed by atoms with E-state index in [4.69, 9.17) is 11.6 Å². The summed E-state index contributed by atoms with van der Waals surface area (Å²) in [7, 11) is 1.36. The zero-order valence-electron chi connectivity index (χ0n) is 7.67. The van der Waals surface area contributed by atoms with Gasteiger partial charge >= 0.3 is 5.97 Å². The Bertz CT molecular complexity index is 328. The lowest BCUT2D eigenvalue weighted by Crippen LogP contribution is -2.09. The third-order valence-corrected chi connectivity index (χ3v) is 3.04. The van der Waals surface area contributed by atoms with Gasteiger partial charge in [-0.15, -0.1) is 11.6 Å². The fourth-order valence-corrected chi connectivity index (χ4v) is 2.01. The van der Waals surface area contributed by atoms with Crippen molar-refractivity contribution in [2.75, 3.05) is 7.11 Å². The van der Waals surface area contributed by atoms with Crippen LogP contribution in [0, 0.1) is 0 Å². The Labute approximate surface area is 96.3 Å². The second-order valence-corrected chi connectivity index (χ2v) is 3.90. The number of halogens is 2. The summed E-state index contributed by atoms with van der Waals surface area (Å²) < 4.78 is 4.64. The van der Waals surface area contributed by atoms with Gasteiger partial charge in [-0.1, -0.05) is 40.2 Å². The van der Waals surface area contributed by atoms with Gasteiger partial charge in [0, 0.05) is 5.88 Å². The minimum atomic E-state index is -0.442. The van der Waals surface area contributed by atoms with Crippen LogP contribution in [0.2, 0.25) is 0 Å². The van der Waals surface area contributed by atoms with Crippen molar-refractivity contribution in [1.82, 2.24) is 0 Å². The molecule has 76 valence electrons. The maximum absolute atomic E-state index is 11.3. The molecule has 1 aromatic rings. The number of hydrogen-bond donors (Lipinski definition) is 0. The van der Waals surface area contributed by atoms with Crippen LogP contribution in [0.4, 0.5) is 0 Å². The van der Waals surface area contributed by atoms with Crippen LogP contribution in [0.15, 0.2) is 24.3 Å². The first kappa shape index (κ1) is 11.5. The van der Waals surface area contributed by atoms with E-state index in [1.807, 2.05) is 24.3 Å². The lowest BCUT2D eigenvalue weighted by atomic mass is 10.1. The van der Waals surface area contributed by atoms with Crippen molar-refractivity contribution in [1.29, 1.82) is 0 Å². The van der Waals surface area contributed by atoms with Crippen LogP contribution in [-0.2, 0) is 15.4 Å². The van der Waals surface area contributed by atoms with Gasteiger partial charge in [-0.3, -0.25) is 4.79 Å². The molecule has 0 heterocycles. The van der Waals surface area contributed by atoms with Crippen LogP contribution in [0.3, 0.4) is 0 Å². The van der Waals surface area contributed by atoms with E-state index < -0.39 is 4.83 Å². The number of benzene rings is 1. The van der Waals surface area contributed by atoms with Gasteiger partial charge in [-0.25, -0.2) is 0 Å². The van der Waals surface area contributed by atoms with Gasteiger partial charge in [0.2, 0.25) is 0 Å². The number of hydrogen-bond acceptors (Lipinski definition) is 2. The molecule has 0 spiro atoms. The first-order chi connectivity index (χ1) is 6.70. The molecule has 0 aliphatic carbocycles. The van der Waals surface area contributed by atoms with Crippen molar-refractivity contribution in [2.24, 2.45) is 0 Å². The minimum Gasteiger partial charge on any atom is -0.468 e. The molecular weight excluding hydrogens is 267 g/mol. The normalized spacial score (nSPS) is 12.2. The molecule has 0 aliphatic heterocycles. The van der Waals surface area contributed by atoms with Crippen LogP contribution in [0.1, 0.15) is 16.0 Å². The summed E-state index contributed by atoms with van der Waals surface area (Å²) in [6.45, 7) is 0. The largest absolute Gasteiger partial charge is 0.468 e. The predicted molar refractivity (Wildman–Crippen MR) is 59.7 cm³/mol. The summed E-state index contributed by atoms with van der Waals surface area (Å²) >= 11 is 9.02. The van der Waals surface area contributed by atoms with Crippen LogP contribution in [0.5, 0.6) is 0 Å². The molecule has 0 aliphatic rings. The first-order valence-corrected chi connectivity index (χ1v) is 5.51. The molecule has 1 aromatic carbocycles. The second-order valence-electron chi connectivity index (χ2n) is 2.72. The zero-order chi connectivity index (χ0) is 10.6. The van der Waals surface area contributed by atoms with Gasteiger partial charge in [0.1, 0.15) is 4.83 Å². The van der Waals surface area contributed by atoms with E-state index in [9.17, 15) is 4.79 Å². The van der Waals surface area contributed by atoms with Gasteiger partial charge in [0.15, 0.2) is 0 Å². The molecule has 0 fully saturated rings. The van der Waals surface area contributed by atoms with Crippen molar-refractivity contribution in [3.63, 3.8) is 0 Å². The molecule has 14 heavy (non-hydrogen) atoms. The molecule has 4 heteroatoms. The van der Waals surface area contributed by atoms with Gasteiger partial charge in [0.25, 0.3) is 0 Å². The van der Waals surface area contributed by atoms with E-state index in [2.05, 4.69) is 20.7 Å². The number of esters is 1. The first-order valence-electron chi connectivity index (χ1n) is 4.06. The molecule has 0 amide bonds. The number of alkyl halides is 2. The average molecular weight is 278 g/mol. The van der Waals surface area contributed by atoms with E-state index in [0.717, 1.165) is 11.1 Å². The highest BCUT2D eigenvalue weighted by Crippen LogP contribution is 2.27. The van der Waals surface area contributed by atoms with Crippen LogP contribution >= 0.6 is 27.5 Å². The fourth-order valence-electron chi connectivity index (χ4n) is 1.13. The number of carbonyl (C=O) groups excluding carboxylic acids is 1. The molecule has 1 unspecified atom stereocenters. The molecule has 0 aromatic heterocycles. The molecule has 0 saturated heterocycles. The van der Waals surface area contributed by atoms with Crippen molar-refractivity contribution in [3.8, 4) is 0 Å². The maximum Gasteiger partial charge on any atom is 0.324 e. The topological polar surface area (TPSA) is 26.3 Å². The molecule has 0 saturated carbocycles. The van der Waals surface area contributed by atoms with Gasteiger partial charge < -0.3 is 4.74 Å². The van der Waals surface area contributed by atoms with Gasteiger partial charge in [-0.05, 0) is 11.1 Å². The summed E-state index contributed by atoms with van der Waals surface area (Å²) in [6, 6.07) is 7.49. The molecule has 0 bridgehead atoms. The summed E-state index contributed by atoms with van der Waals surface area (Å²) in [6.07, 6.45) is 0. The lowest BCUT2D eigenvalue weighted by molar-refractivity contribution is -0.139. The summed E-state index contributed by atoms with van der Waals surface area (Å²) in [5, 5.41) is 0. The van der Waals surface area contributed by atoms with E-state index >= 15 is 0 Å². The SMILES string of the molecule is COC(=O)C(Br)c1ccccc1CCl. The summed E-state index contributed by atoms with van der Waals surface area (Å²) in [5.74, 6) is 0.0671. The van der Waals surface area contributed by atoms with Crippen molar-refractivity contribution >= 4 is 33.5 Å². The Morgan fingerprint density at radius 3 is 2.79 bits per heavy atom. The van der Waals surface area contributed by atoms with Crippen LogP contribution in [0.25, 0.3) is 0 Å². The van der Waals surface area contributed by atoms with Gasteiger partial charge in [0.05, 0.1) is 7.11 Å². The van der Waals surface area contributed by atoms with Crippen molar-refractivity contribution < 1.29 is 9.53 Å². The average Bonchev–Trinajstić information content (AvgIpc) is 2.26. The molecular formula is C10H10BrClO2. The number of rotatable bonds is 3. The van der Waals surface area contributed by atoms with E-state index in [0.29, 0.717) is 5.88 Å². The quantitative estimate of drug-likeness (QED) is 0.627. The Balaban J connectivity index is 2.99. The molecule has 2 nitrogen and oxygen atoms in total. The van der Waals surface area contributed by atoms with E-state index in [1.165, 1.54) is 7.11 Å². The number of ether oxygens (including phenoxy) is 1. The highest BCUT2D eigenvalue weighted by molar-refractivity contribution is 9.09. The summed E-state index contributed by atoms with van der Waals surface area (Å²) in [5.41, 5.74) is 1.79. The molecule has 1 rings (SSSR count). The highest BCUT2D eigenvalue weighted by atomic mass is 79.9. The van der Waals surface area contributed by atoms with Crippen molar-refractivity contribution in [2.45, 2.75) is 10.7 Å². The smallest absolute Gasteiger partial charge is 0.324 e. The molecule has 0 N–H and O–H groups in total. The monoisotopic (exact) mass is 276 g/mol. The third kappa shape index (κ3) is 2.49. The standard InChI is InChI=1S/C10H10BrClO2/c1-14-10(13)9(11)8-5-3-2-4-7(8)6-12/h2-5,9H,6H2,1H3. The molecule has 0 radical (unpaired) electrons. The minimum absolute atomic E-state index is 0.317. The maximum atomic E-state index is 11.3. The Morgan fingerprint density at radius 2 is 2.21 bits per heavy atom. The predicted octanol–water partition coefficient (Wildman–Crippen LogP) is 3.03. The zero-order valence-corrected chi connectivity index (χ0v) is 10.0. The number of methoxy groups -OCH3 is 1. The van der Waals surface area contributed by atoms with Crippen LogP contribution < -0.4 is 0 Å².